The largest absolute Gasteiger partial charge is 0.504 e. The van der Waals surface area contributed by atoms with Crippen molar-refractivity contribution < 1.29 is 9.84 Å². The van der Waals surface area contributed by atoms with Crippen molar-refractivity contribution in [3.8, 4) is 17.6 Å². The van der Waals surface area contributed by atoms with Gasteiger partial charge in [-0.05, 0) is 47.4 Å². The summed E-state index contributed by atoms with van der Waals surface area (Å²) in [7, 11) is 1.56. The monoisotopic (exact) mass is 294 g/mol. The molecule has 1 aliphatic heterocycles. The highest BCUT2D eigenvalue weighted by Gasteiger charge is 2.19. The minimum atomic E-state index is 0.205. The van der Waals surface area contributed by atoms with E-state index in [1.165, 1.54) is 11.1 Å². The third kappa shape index (κ3) is 2.90. The molecular weight excluding hydrogens is 276 g/mol. The molecule has 0 spiro atoms. The molecule has 0 aliphatic carbocycles. The molecule has 1 heterocycles. The lowest BCUT2D eigenvalue weighted by molar-refractivity contribution is 0.244. The number of rotatable bonds is 3. The lowest BCUT2D eigenvalue weighted by atomic mass is 9.98. The summed E-state index contributed by atoms with van der Waals surface area (Å²) in [6.45, 7) is 2.58. The molecule has 1 aliphatic rings. The van der Waals surface area contributed by atoms with Gasteiger partial charge in [-0.15, -0.1) is 0 Å². The summed E-state index contributed by atoms with van der Waals surface area (Å²) in [5, 5.41) is 18.8. The van der Waals surface area contributed by atoms with Crippen LogP contribution in [0.25, 0.3) is 0 Å². The number of methoxy groups -OCH3 is 1. The molecular formula is C18H18N2O2. The Hall–Kier alpha value is -2.51. The smallest absolute Gasteiger partial charge is 0.160 e. The maximum atomic E-state index is 9.86. The number of aromatic hydroxyl groups is 1. The van der Waals surface area contributed by atoms with Crippen molar-refractivity contribution in [3.05, 3.63) is 58.7 Å². The third-order valence-corrected chi connectivity index (χ3v) is 4.05. The lowest BCUT2D eigenvalue weighted by Crippen LogP contribution is -2.30. The highest BCUT2D eigenvalue weighted by Crippen LogP contribution is 2.32. The Morgan fingerprint density at radius 2 is 2.14 bits per heavy atom. The molecule has 0 radical (unpaired) electrons. The molecule has 0 amide bonds. The van der Waals surface area contributed by atoms with Gasteiger partial charge in [0.05, 0.1) is 18.7 Å². The third-order valence-electron chi connectivity index (χ3n) is 4.05. The minimum Gasteiger partial charge on any atom is -0.504 e. The van der Waals surface area contributed by atoms with E-state index >= 15 is 0 Å². The molecule has 0 aromatic heterocycles. The number of fused-ring (bicyclic) bond motifs is 1. The molecule has 3 rings (SSSR count). The first-order valence-electron chi connectivity index (χ1n) is 7.29. The number of hydrogen-bond acceptors (Lipinski definition) is 4. The fraction of sp³-hybridized carbons (Fsp3) is 0.278. The molecule has 0 unspecified atom stereocenters. The van der Waals surface area contributed by atoms with Crippen LogP contribution in [0.3, 0.4) is 0 Å². The number of benzene rings is 2. The van der Waals surface area contributed by atoms with E-state index in [0.29, 0.717) is 11.3 Å². The van der Waals surface area contributed by atoms with E-state index in [1.807, 2.05) is 36.4 Å². The van der Waals surface area contributed by atoms with Gasteiger partial charge in [-0.3, -0.25) is 4.90 Å². The Bertz CT molecular complexity index is 734. The first-order valence-corrected chi connectivity index (χ1v) is 7.29. The van der Waals surface area contributed by atoms with Gasteiger partial charge in [-0.1, -0.05) is 12.1 Å². The van der Waals surface area contributed by atoms with Crippen molar-refractivity contribution in [3.63, 3.8) is 0 Å². The second kappa shape index (κ2) is 6.08. The van der Waals surface area contributed by atoms with Crippen LogP contribution in [0.2, 0.25) is 0 Å². The average Bonchev–Trinajstić information content (AvgIpc) is 2.54. The molecule has 0 fully saturated rings. The van der Waals surface area contributed by atoms with E-state index < -0.39 is 0 Å². The molecule has 22 heavy (non-hydrogen) atoms. The Labute approximate surface area is 130 Å². The Balaban J connectivity index is 1.77. The predicted molar refractivity (Wildman–Crippen MR) is 83.6 cm³/mol. The van der Waals surface area contributed by atoms with E-state index in [0.717, 1.165) is 31.6 Å². The average molecular weight is 294 g/mol. The van der Waals surface area contributed by atoms with E-state index in [4.69, 9.17) is 10.00 Å². The predicted octanol–water partition coefficient (Wildman–Crippen LogP) is 2.83. The van der Waals surface area contributed by atoms with Gasteiger partial charge in [0.25, 0.3) is 0 Å². The van der Waals surface area contributed by atoms with Crippen molar-refractivity contribution in [2.24, 2.45) is 0 Å². The number of nitrogens with zero attached hydrogens (tertiary/aromatic N) is 2. The number of ether oxygens (including phenoxy) is 1. The Morgan fingerprint density at radius 3 is 2.91 bits per heavy atom. The quantitative estimate of drug-likeness (QED) is 0.945. The van der Waals surface area contributed by atoms with Crippen LogP contribution >= 0.6 is 0 Å². The van der Waals surface area contributed by atoms with Crippen molar-refractivity contribution in [1.82, 2.24) is 4.90 Å². The van der Waals surface area contributed by atoms with E-state index in [2.05, 4.69) is 11.0 Å². The number of phenols is 1. The first kappa shape index (κ1) is 14.4. The zero-order chi connectivity index (χ0) is 15.5. The van der Waals surface area contributed by atoms with Crippen LogP contribution in [-0.4, -0.2) is 23.7 Å². The van der Waals surface area contributed by atoms with Gasteiger partial charge in [0.1, 0.15) is 0 Å². The van der Waals surface area contributed by atoms with E-state index in [1.54, 1.807) is 7.11 Å². The fourth-order valence-electron chi connectivity index (χ4n) is 2.93. The minimum absolute atomic E-state index is 0.205. The molecule has 112 valence electrons. The summed E-state index contributed by atoms with van der Waals surface area (Å²) in [6, 6.07) is 13.6. The van der Waals surface area contributed by atoms with Crippen LogP contribution in [0.4, 0.5) is 0 Å². The van der Waals surface area contributed by atoms with Crippen molar-refractivity contribution in [1.29, 1.82) is 5.26 Å². The second-order valence-corrected chi connectivity index (χ2v) is 5.57. The summed E-state index contributed by atoms with van der Waals surface area (Å²) in [5.74, 6) is 0.725. The SMILES string of the molecule is COc1cc2c(cc1O)CCN(Cc1cccc(C#N)c1)C2. The maximum absolute atomic E-state index is 9.86. The summed E-state index contributed by atoms with van der Waals surface area (Å²) < 4.78 is 5.19. The molecule has 1 N–H and O–H groups in total. The van der Waals surface area contributed by atoms with Crippen LogP contribution in [0, 0.1) is 11.3 Å². The molecule has 0 bridgehead atoms. The topological polar surface area (TPSA) is 56.5 Å². The first-order chi connectivity index (χ1) is 10.7. The number of hydrogen-bond donors (Lipinski definition) is 1. The normalized spacial score (nSPS) is 14.2. The second-order valence-electron chi connectivity index (χ2n) is 5.57. The molecule has 2 aromatic rings. The lowest BCUT2D eigenvalue weighted by Gasteiger charge is -2.29. The van der Waals surface area contributed by atoms with Crippen molar-refractivity contribution in [2.75, 3.05) is 13.7 Å². The summed E-state index contributed by atoms with van der Waals surface area (Å²) in [5.41, 5.74) is 4.22. The zero-order valence-corrected chi connectivity index (χ0v) is 12.5. The van der Waals surface area contributed by atoms with Crippen LogP contribution in [0.1, 0.15) is 22.3 Å². The van der Waals surface area contributed by atoms with Crippen LogP contribution in [0.15, 0.2) is 36.4 Å². The highest BCUT2D eigenvalue weighted by atomic mass is 16.5. The Kier molecular flexibility index (Phi) is 3.99. The molecule has 0 atom stereocenters. The summed E-state index contributed by atoms with van der Waals surface area (Å²) >= 11 is 0. The van der Waals surface area contributed by atoms with Gasteiger partial charge < -0.3 is 9.84 Å². The molecule has 0 saturated carbocycles. The van der Waals surface area contributed by atoms with Gasteiger partial charge >= 0.3 is 0 Å². The van der Waals surface area contributed by atoms with Gasteiger partial charge in [-0.25, -0.2) is 0 Å². The summed E-state index contributed by atoms with van der Waals surface area (Å²) in [4.78, 5) is 2.34. The molecule has 4 nitrogen and oxygen atoms in total. The van der Waals surface area contributed by atoms with Crippen molar-refractivity contribution >= 4 is 0 Å². The fourth-order valence-corrected chi connectivity index (χ4v) is 2.93. The van der Waals surface area contributed by atoms with Gasteiger partial charge in [0.2, 0.25) is 0 Å². The highest BCUT2D eigenvalue weighted by molar-refractivity contribution is 5.47. The molecule has 4 heteroatoms. The van der Waals surface area contributed by atoms with E-state index in [-0.39, 0.29) is 5.75 Å². The molecule has 2 aromatic carbocycles. The number of phenolic OH excluding ortho intramolecular Hbond substituents is 1. The standard InChI is InChI=1S/C18H18N2O2/c1-22-18-9-16-12-20(6-5-15(16)8-17(18)21)11-14-4-2-3-13(7-14)10-19/h2-4,7-9,21H,5-6,11-12H2,1H3. The van der Waals surface area contributed by atoms with Crippen molar-refractivity contribution in [2.45, 2.75) is 19.5 Å². The summed E-state index contributed by atoms with van der Waals surface area (Å²) in [6.07, 6.45) is 0.908. The van der Waals surface area contributed by atoms with Crippen LogP contribution in [0.5, 0.6) is 11.5 Å². The van der Waals surface area contributed by atoms with Gasteiger partial charge in [0, 0.05) is 19.6 Å². The van der Waals surface area contributed by atoms with Crippen LogP contribution in [-0.2, 0) is 19.5 Å². The Morgan fingerprint density at radius 1 is 1.27 bits per heavy atom. The zero-order valence-electron chi connectivity index (χ0n) is 12.5. The van der Waals surface area contributed by atoms with Crippen LogP contribution < -0.4 is 4.74 Å². The van der Waals surface area contributed by atoms with E-state index in [9.17, 15) is 5.11 Å². The van der Waals surface area contributed by atoms with Gasteiger partial charge in [-0.2, -0.15) is 5.26 Å². The van der Waals surface area contributed by atoms with Gasteiger partial charge in [0.15, 0.2) is 11.5 Å². The molecule has 0 saturated heterocycles. The number of nitriles is 1. The maximum Gasteiger partial charge on any atom is 0.160 e.